The fraction of sp³-hybridized carbons (Fsp3) is 0.846. The molecule has 0 rings (SSSR count). The Hall–Kier alpha value is -1.42. The van der Waals surface area contributed by atoms with E-state index in [0.29, 0.717) is 18.8 Å². The number of rotatable bonds is 6. The van der Waals surface area contributed by atoms with Gasteiger partial charge in [-0.15, -0.1) is 0 Å². The van der Waals surface area contributed by atoms with E-state index >= 15 is 0 Å². The average Bonchev–Trinajstić information content (AvgIpc) is 2.26. The standard InChI is InChI=1S/C13H22N4/c1-6-7-12(4,9-14)16-17-13(5,10-15)8-11(2)3/h11H,6-8H2,1-5H3/b17-16+. The summed E-state index contributed by atoms with van der Waals surface area (Å²) < 4.78 is 0. The van der Waals surface area contributed by atoms with Crippen LogP contribution in [-0.4, -0.2) is 11.1 Å². The fourth-order valence-electron chi connectivity index (χ4n) is 1.74. The summed E-state index contributed by atoms with van der Waals surface area (Å²) in [5.74, 6) is 0.373. The lowest BCUT2D eigenvalue weighted by atomic mass is 9.93. The first-order valence-corrected chi connectivity index (χ1v) is 6.07. The van der Waals surface area contributed by atoms with Crippen molar-refractivity contribution in [2.45, 2.75) is 65.0 Å². The Bertz CT molecular complexity index is 347. The van der Waals surface area contributed by atoms with Gasteiger partial charge in [0.2, 0.25) is 0 Å². The Kier molecular flexibility index (Phi) is 5.82. The Morgan fingerprint density at radius 1 is 1.06 bits per heavy atom. The Morgan fingerprint density at radius 3 is 1.88 bits per heavy atom. The molecule has 4 heteroatoms. The van der Waals surface area contributed by atoms with Crippen molar-refractivity contribution in [3.63, 3.8) is 0 Å². The minimum Gasteiger partial charge on any atom is -0.196 e. The molecule has 4 nitrogen and oxygen atoms in total. The Morgan fingerprint density at radius 2 is 1.53 bits per heavy atom. The van der Waals surface area contributed by atoms with Crippen molar-refractivity contribution >= 4 is 0 Å². The lowest BCUT2D eigenvalue weighted by Crippen LogP contribution is -2.25. The van der Waals surface area contributed by atoms with Crippen LogP contribution in [-0.2, 0) is 0 Å². The van der Waals surface area contributed by atoms with Crippen LogP contribution in [0.25, 0.3) is 0 Å². The predicted octanol–water partition coefficient (Wildman–Crippen LogP) is 3.85. The highest BCUT2D eigenvalue weighted by molar-refractivity contribution is 5.07. The van der Waals surface area contributed by atoms with E-state index < -0.39 is 11.1 Å². The highest BCUT2D eigenvalue weighted by atomic mass is 15.2. The van der Waals surface area contributed by atoms with Gasteiger partial charge in [-0.05, 0) is 32.6 Å². The van der Waals surface area contributed by atoms with Crippen molar-refractivity contribution in [3.05, 3.63) is 0 Å². The van der Waals surface area contributed by atoms with E-state index in [2.05, 4.69) is 22.4 Å². The molecule has 0 aromatic heterocycles. The van der Waals surface area contributed by atoms with Crippen molar-refractivity contribution in [2.75, 3.05) is 0 Å². The van der Waals surface area contributed by atoms with E-state index in [4.69, 9.17) is 10.5 Å². The molecule has 0 heterocycles. The molecular formula is C13H22N4. The van der Waals surface area contributed by atoms with Gasteiger partial charge in [-0.1, -0.05) is 27.2 Å². The predicted molar refractivity (Wildman–Crippen MR) is 67.3 cm³/mol. The summed E-state index contributed by atoms with van der Waals surface area (Å²) in [5.41, 5.74) is -1.62. The SMILES string of the molecule is CCCC(C)(C#N)/N=N/C(C)(C#N)CC(C)C. The summed E-state index contributed by atoms with van der Waals surface area (Å²) >= 11 is 0. The van der Waals surface area contributed by atoms with Crippen molar-refractivity contribution < 1.29 is 0 Å². The summed E-state index contributed by atoms with van der Waals surface area (Å²) in [6.45, 7) is 9.61. The maximum atomic E-state index is 9.15. The fourth-order valence-corrected chi connectivity index (χ4v) is 1.74. The topological polar surface area (TPSA) is 72.3 Å². The number of nitrogens with zero attached hydrogens (tertiary/aromatic N) is 4. The van der Waals surface area contributed by atoms with Gasteiger partial charge < -0.3 is 0 Å². The first kappa shape index (κ1) is 15.6. The molecule has 0 radical (unpaired) electrons. The van der Waals surface area contributed by atoms with Gasteiger partial charge in [0.05, 0.1) is 12.1 Å². The van der Waals surface area contributed by atoms with E-state index in [1.54, 1.807) is 13.8 Å². The smallest absolute Gasteiger partial charge is 0.165 e. The van der Waals surface area contributed by atoms with Gasteiger partial charge in [0.1, 0.15) is 0 Å². The van der Waals surface area contributed by atoms with Gasteiger partial charge in [-0.25, -0.2) is 0 Å². The minimum absolute atomic E-state index is 0.373. The summed E-state index contributed by atoms with van der Waals surface area (Å²) in [7, 11) is 0. The normalized spacial score (nSPS) is 18.4. The van der Waals surface area contributed by atoms with Crippen LogP contribution in [0.2, 0.25) is 0 Å². The van der Waals surface area contributed by atoms with E-state index in [-0.39, 0.29) is 0 Å². The van der Waals surface area contributed by atoms with Crippen LogP contribution in [0, 0.1) is 28.6 Å². The van der Waals surface area contributed by atoms with Crippen molar-refractivity contribution in [1.29, 1.82) is 10.5 Å². The molecular weight excluding hydrogens is 212 g/mol. The van der Waals surface area contributed by atoms with Gasteiger partial charge in [-0.3, -0.25) is 0 Å². The molecule has 0 bridgehead atoms. The summed E-state index contributed by atoms with van der Waals surface area (Å²) in [6, 6.07) is 4.34. The largest absolute Gasteiger partial charge is 0.196 e. The maximum Gasteiger partial charge on any atom is 0.165 e. The highest BCUT2D eigenvalue weighted by Gasteiger charge is 2.28. The van der Waals surface area contributed by atoms with Crippen molar-refractivity contribution in [3.8, 4) is 12.1 Å². The summed E-state index contributed by atoms with van der Waals surface area (Å²) in [4.78, 5) is 0. The number of azo groups is 1. The van der Waals surface area contributed by atoms with E-state index in [1.807, 2.05) is 20.8 Å². The lowest BCUT2D eigenvalue weighted by molar-refractivity contribution is 0.405. The third kappa shape index (κ3) is 5.45. The van der Waals surface area contributed by atoms with E-state index in [0.717, 1.165) is 6.42 Å². The maximum absolute atomic E-state index is 9.15. The zero-order valence-corrected chi connectivity index (χ0v) is 11.5. The molecule has 0 N–H and O–H groups in total. The third-order valence-corrected chi connectivity index (χ3v) is 2.52. The van der Waals surface area contributed by atoms with Crippen LogP contribution in [0.5, 0.6) is 0 Å². The number of hydrogen-bond acceptors (Lipinski definition) is 4. The highest BCUT2D eigenvalue weighted by Crippen LogP contribution is 2.24. The quantitative estimate of drug-likeness (QED) is 0.655. The van der Waals surface area contributed by atoms with Gasteiger partial charge in [0, 0.05) is 0 Å². The Labute approximate surface area is 104 Å². The molecule has 0 aromatic rings. The molecule has 94 valence electrons. The molecule has 17 heavy (non-hydrogen) atoms. The average molecular weight is 234 g/mol. The molecule has 2 unspecified atom stereocenters. The van der Waals surface area contributed by atoms with Crippen LogP contribution in [0.1, 0.15) is 53.9 Å². The molecule has 0 saturated carbocycles. The molecule has 0 aliphatic carbocycles. The lowest BCUT2D eigenvalue weighted by Gasteiger charge is -2.20. The van der Waals surface area contributed by atoms with Crippen LogP contribution in [0.3, 0.4) is 0 Å². The van der Waals surface area contributed by atoms with Gasteiger partial charge >= 0.3 is 0 Å². The molecule has 0 spiro atoms. The van der Waals surface area contributed by atoms with Gasteiger partial charge in [0.15, 0.2) is 11.1 Å². The summed E-state index contributed by atoms with van der Waals surface area (Å²) in [6.07, 6.45) is 2.19. The summed E-state index contributed by atoms with van der Waals surface area (Å²) in [5, 5.41) is 26.4. The first-order chi connectivity index (χ1) is 7.81. The van der Waals surface area contributed by atoms with E-state index in [9.17, 15) is 0 Å². The van der Waals surface area contributed by atoms with Gasteiger partial charge in [0.25, 0.3) is 0 Å². The molecule has 0 aliphatic heterocycles. The first-order valence-electron chi connectivity index (χ1n) is 6.07. The molecule has 0 fully saturated rings. The monoisotopic (exact) mass is 234 g/mol. The molecule has 0 amide bonds. The van der Waals surface area contributed by atoms with Crippen molar-refractivity contribution in [1.82, 2.24) is 0 Å². The van der Waals surface area contributed by atoms with Crippen LogP contribution in [0.15, 0.2) is 10.2 Å². The van der Waals surface area contributed by atoms with Crippen LogP contribution >= 0.6 is 0 Å². The number of hydrogen-bond donors (Lipinski definition) is 0. The minimum atomic E-state index is -0.819. The van der Waals surface area contributed by atoms with E-state index in [1.165, 1.54) is 0 Å². The molecule has 0 aromatic carbocycles. The van der Waals surface area contributed by atoms with Crippen LogP contribution < -0.4 is 0 Å². The van der Waals surface area contributed by atoms with Gasteiger partial charge in [-0.2, -0.15) is 20.8 Å². The zero-order chi connectivity index (χ0) is 13.5. The van der Waals surface area contributed by atoms with Crippen molar-refractivity contribution in [2.24, 2.45) is 16.1 Å². The third-order valence-electron chi connectivity index (χ3n) is 2.52. The second kappa shape index (κ2) is 6.35. The second-order valence-electron chi connectivity index (χ2n) is 5.32. The molecule has 0 aliphatic rings. The molecule has 0 saturated heterocycles. The van der Waals surface area contributed by atoms with Crippen LogP contribution in [0.4, 0.5) is 0 Å². The zero-order valence-electron chi connectivity index (χ0n) is 11.5. The Balaban J connectivity index is 4.90. The second-order valence-corrected chi connectivity index (χ2v) is 5.32. The molecule has 2 atom stereocenters. The number of nitriles is 2.